The van der Waals surface area contributed by atoms with Crippen LogP contribution >= 0.6 is 0 Å². The van der Waals surface area contributed by atoms with E-state index in [1.165, 1.54) is 5.56 Å². The van der Waals surface area contributed by atoms with Gasteiger partial charge in [0.25, 0.3) is 0 Å². The summed E-state index contributed by atoms with van der Waals surface area (Å²) >= 11 is 0. The minimum atomic E-state index is -0.939. The fourth-order valence-corrected chi connectivity index (χ4v) is 2.46. The molecule has 4 N–H and O–H groups in total. The van der Waals surface area contributed by atoms with Gasteiger partial charge < -0.3 is 16.3 Å². The van der Waals surface area contributed by atoms with Crippen molar-refractivity contribution in [2.24, 2.45) is 16.3 Å². The van der Waals surface area contributed by atoms with E-state index >= 15 is 0 Å². The number of amidine groups is 1. The van der Waals surface area contributed by atoms with Gasteiger partial charge in [0.2, 0.25) is 5.91 Å². The maximum Gasteiger partial charge on any atom is 0.233 e. The maximum absolute atomic E-state index is 12.5. The van der Waals surface area contributed by atoms with Crippen molar-refractivity contribution in [2.75, 3.05) is 6.54 Å². The van der Waals surface area contributed by atoms with Crippen LogP contribution < -0.4 is 11.1 Å². The highest BCUT2D eigenvalue weighted by Crippen LogP contribution is 2.27. The summed E-state index contributed by atoms with van der Waals surface area (Å²) in [5.41, 5.74) is 5.96. The third-order valence-corrected chi connectivity index (χ3v) is 4.18. The van der Waals surface area contributed by atoms with Crippen molar-refractivity contribution < 1.29 is 10.0 Å². The highest BCUT2D eigenvalue weighted by atomic mass is 16.4. The van der Waals surface area contributed by atoms with E-state index in [0.717, 1.165) is 0 Å². The predicted molar refractivity (Wildman–Crippen MR) is 84.3 cm³/mol. The molecule has 116 valence electrons. The van der Waals surface area contributed by atoms with Crippen LogP contribution in [-0.2, 0) is 4.79 Å². The van der Waals surface area contributed by atoms with Crippen LogP contribution in [0.3, 0.4) is 0 Å². The number of hydrogen-bond acceptors (Lipinski definition) is 3. The monoisotopic (exact) mass is 291 g/mol. The molecule has 0 aliphatic rings. The standard InChI is InChI=1S/C16H25N3O2/c1-4-16(5-2,14(17)19-21)15(20)18-11-12(3)13-9-7-6-8-10-13/h6-10,12,21H,4-5,11H2,1-3H3,(H2,17,19)(H,18,20). The van der Waals surface area contributed by atoms with Crippen molar-refractivity contribution in [1.29, 1.82) is 0 Å². The number of carbonyl (C=O) groups excluding carboxylic acids is 1. The Morgan fingerprint density at radius 1 is 1.33 bits per heavy atom. The summed E-state index contributed by atoms with van der Waals surface area (Å²) in [7, 11) is 0. The number of hydrogen-bond donors (Lipinski definition) is 3. The fraction of sp³-hybridized carbons (Fsp3) is 0.500. The summed E-state index contributed by atoms with van der Waals surface area (Å²) in [4.78, 5) is 12.5. The van der Waals surface area contributed by atoms with Crippen molar-refractivity contribution in [3.63, 3.8) is 0 Å². The van der Waals surface area contributed by atoms with Gasteiger partial charge in [0.1, 0.15) is 5.41 Å². The lowest BCUT2D eigenvalue weighted by atomic mass is 9.80. The topological polar surface area (TPSA) is 87.7 Å². The molecule has 5 heteroatoms. The molecule has 0 heterocycles. The van der Waals surface area contributed by atoms with E-state index in [2.05, 4.69) is 17.4 Å². The normalized spacial score (nSPS) is 13.8. The van der Waals surface area contributed by atoms with Crippen LogP contribution in [-0.4, -0.2) is 23.5 Å². The average molecular weight is 291 g/mol. The van der Waals surface area contributed by atoms with Crippen LogP contribution in [0.1, 0.15) is 45.1 Å². The molecule has 1 unspecified atom stereocenters. The molecule has 0 aromatic heterocycles. The molecule has 0 radical (unpaired) electrons. The lowest BCUT2D eigenvalue weighted by molar-refractivity contribution is -0.128. The van der Waals surface area contributed by atoms with Gasteiger partial charge in [-0.2, -0.15) is 0 Å². The Bertz CT molecular complexity index is 482. The Balaban J connectivity index is 2.75. The van der Waals surface area contributed by atoms with Gasteiger partial charge in [0.05, 0.1) is 0 Å². The molecule has 0 fully saturated rings. The van der Waals surface area contributed by atoms with Crippen molar-refractivity contribution in [3.8, 4) is 0 Å². The summed E-state index contributed by atoms with van der Waals surface area (Å²) in [5.74, 6) is -0.0169. The summed E-state index contributed by atoms with van der Waals surface area (Å²) in [6, 6.07) is 9.99. The van der Waals surface area contributed by atoms with Crippen molar-refractivity contribution in [3.05, 3.63) is 35.9 Å². The van der Waals surface area contributed by atoms with Gasteiger partial charge in [0.15, 0.2) is 5.84 Å². The first-order valence-corrected chi connectivity index (χ1v) is 7.33. The van der Waals surface area contributed by atoms with Crippen LogP contribution in [0, 0.1) is 5.41 Å². The SMILES string of the molecule is CCC(CC)(C(=O)NCC(C)c1ccccc1)/C(N)=N/O. The maximum atomic E-state index is 12.5. The number of benzene rings is 1. The molecular formula is C16H25N3O2. The molecule has 0 bridgehead atoms. The second kappa shape index (κ2) is 7.67. The van der Waals surface area contributed by atoms with Gasteiger partial charge in [-0.25, -0.2) is 0 Å². The van der Waals surface area contributed by atoms with Gasteiger partial charge >= 0.3 is 0 Å². The zero-order valence-electron chi connectivity index (χ0n) is 13.0. The number of nitrogens with zero attached hydrogens (tertiary/aromatic N) is 1. The Hall–Kier alpha value is -2.04. The predicted octanol–water partition coefficient (Wildman–Crippen LogP) is 2.46. The Morgan fingerprint density at radius 2 is 1.90 bits per heavy atom. The van der Waals surface area contributed by atoms with E-state index in [1.807, 2.05) is 44.2 Å². The molecule has 21 heavy (non-hydrogen) atoms. The Morgan fingerprint density at radius 3 is 2.38 bits per heavy atom. The van der Waals surface area contributed by atoms with Crippen LogP contribution in [0.25, 0.3) is 0 Å². The van der Waals surface area contributed by atoms with E-state index in [4.69, 9.17) is 10.9 Å². The smallest absolute Gasteiger partial charge is 0.233 e. The van der Waals surface area contributed by atoms with Crippen LogP contribution in [0.15, 0.2) is 35.5 Å². The highest BCUT2D eigenvalue weighted by molar-refractivity contribution is 6.06. The minimum absolute atomic E-state index is 0.0302. The van der Waals surface area contributed by atoms with E-state index < -0.39 is 5.41 Å². The largest absolute Gasteiger partial charge is 0.409 e. The lowest BCUT2D eigenvalue weighted by Gasteiger charge is -2.29. The fourth-order valence-electron chi connectivity index (χ4n) is 2.46. The second-order valence-corrected chi connectivity index (χ2v) is 5.30. The lowest BCUT2D eigenvalue weighted by Crippen LogP contribution is -2.49. The molecule has 0 saturated carbocycles. The number of amides is 1. The third kappa shape index (κ3) is 3.74. The first kappa shape index (κ1) is 17.0. The van der Waals surface area contributed by atoms with Crippen molar-refractivity contribution >= 4 is 11.7 Å². The van der Waals surface area contributed by atoms with E-state index in [0.29, 0.717) is 19.4 Å². The number of rotatable bonds is 7. The molecule has 1 amide bonds. The van der Waals surface area contributed by atoms with Gasteiger partial charge in [-0.15, -0.1) is 0 Å². The second-order valence-electron chi connectivity index (χ2n) is 5.30. The third-order valence-electron chi connectivity index (χ3n) is 4.18. The van der Waals surface area contributed by atoms with E-state index in [9.17, 15) is 4.79 Å². The number of nitrogens with two attached hydrogens (primary N) is 1. The average Bonchev–Trinajstić information content (AvgIpc) is 2.54. The van der Waals surface area contributed by atoms with Crippen LogP contribution in [0.5, 0.6) is 0 Å². The molecule has 0 saturated heterocycles. The van der Waals surface area contributed by atoms with Crippen LogP contribution in [0.2, 0.25) is 0 Å². The summed E-state index contributed by atoms with van der Waals surface area (Å²) < 4.78 is 0. The molecular weight excluding hydrogens is 266 g/mol. The zero-order valence-corrected chi connectivity index (χ0v) is 13.0. The summed E-state index contributed by atoms with van der Waals surface area (Å²) in [6.07, 6.45) is 0.982. The zero-order chi connectivity index (χ0) is 15.9. The van der Waals surface area contributed by atoms with Gasteiger partial charge in [-0.1, -0.05) is 56.3 Å². The van der Waals surface area contributed by atoms with Crippen LogP contribution in [0.4, 0.5) is 0 Å². The van der Waals surface area contributed by atoms with Gasteiger partial charge in [0, 0.05) is 6.54 Å². The Kier molecular flexibility index (Phi) is 6.21. The quantitative estimate of drug-likeness (QED) is 0.312. The summed E-state index contributed by atoms with van der Waals surface area (Å²) in [5, 5.41) is 14.9. The van der Waals surface area contributed by atoms with Crippen molar-refractivity contribution in [1.82, 2.24) is 5.32 Å². The molecule has 1 aromatic rings. The van der Waals surface area contributed by atoms with E-state index in [-0.39, 0.29) is 17.7 Å². The van der Waals surface area contributed by atoms with Gasteiger partial charge in [-0.3, -0.25) is 4.79 Å². The number of nitrogens with one attached hydrogen (secondary N) is 1. The first-order valence-electron chi connectivity index (χ1n) is 7.33. The van der Waals surface area contributed by atoms with E-state index in [1.54, 1.807) is 0 Å². The van der Waals surface area contributed by atoms with Gasteiger partial charge in [-0.05, 0) is 24.3 Å². The minimum Gasteiger partial charge on any atom is -0.409 e. The highest BCUT2D eigenvalue weighted by Gasteiger charge is 2.39. The molecule has 1 rings (SSSR count). The molecule has 1 aromatic carbocycles. The summed E-state index contributed by atoms with van der Waals surface area (Å²) in [6.45, 7) is 6.30. The number of oxime groups is 1. The Labute approximate surface area is 126 Å². The molecule has 1 atom stereocenters. The molecule has 5 nitrogen and oxygen atoms in total. The van der Waals surface area contributed by atoms with Crippen molar-refractivity contribution in [2.45, 2.75) is 39.5 Å². The molecule has 0 aliphatic heterocycles. The first-order chi connectivity index (χ1) is 10.0. The number of carbonyl (C=O) groups is 1. The molecule has 0 aliphatic carbocycles. The molecule has 0 spiro atoms.